The lowest BCUT2D eigenvalue weighted by atomic mass is 10.0. The number of pyridine rings is 1. The predicted molar refractivity (Wildman–Crippen MR) is 77.1 cm³/mol. The molecule has 3 heterocycles. The summed E-state index contributed by atoms with van der Waals surface area (Å²) in [6.07, 6.45) is 5.15. The van der Waals surface area contributed by atoms with Gasteiger partial charge in [-0.05, 0) is 37.3 Å². The molecule has 2 fully saturated rings. The summed E-state index contributed by atoms with van der Waals surface area (Å²) >= 11 is 0. The first kappa shape index (κ1) is 13.1. The fourth-order valence-corrected chi connectivity index (χ4v) is 3.69. The first-order chi connectivity index (χ1) is 10.3. The Bertz CT molecular complexity index is 602. The van der Waals surface area contributed by atoms with Crippen LogP contribution in [0.25, 0.3) is 0 Å². The Balaban J connectivity index is 1.68. The van der Waals surface area contributed by atoms with Gasteiger partial charge in [-0.2, -0.15) is 5.26 Å². The summed E-state index contributed by atoms with van der Waals surface area (Å²) in [5.74, 6) is 0.336. The molecule has 0 amide bonds. The van der Waals surface area contributed by atoms with Crippen LogP contribution in [0.3, 0.4) is 0 Å². The first-order valence-electron chi connectivity index (χ1n) is 7.75. The van der Waals surface area contributed by atoms with Gasteiger partial charge >= 0.3 is 0 Å². The van der Waals surface area contributed by atoms with Gasteiger partial charge in [0, 0.05) is 18.7 Å². The van der Waals surface area contributed by atoms with Crippen LogP contribution in [0.1, 0.15) is 36.1 Å². The number of fused-ring (bicyclic) bond motifs is 1. The van der Waals surface area contributed by atoms with E-state index in [9.17, 15) is 5.26 Å². The van der Waals surface area contributed by atoms with Gasteiger partial charge in [0.05, 0.1) is 25.3 Å². The molecule has 0 unspecified atom stereocenters. The molecule has 110 valence electrons. The lowest BCUT2D eigenvalue weighted by molar-refractivity contribution is -0.161. The minimum absolute atomic E-state index is 0.480. The van der Waals surface area contributed by atoms with Crippen LogP contribution in [0, 0.1) is 11.3 Å². The third-order valence-corrected chi connectivity index (χ3v) is 4.68. The van der Waals surface area contributed by atoms with Crippen molar-refractivity contribution in [1.82, 2.24) is 4.98 Å². The van der Waals surface area contributed by atoms with E-state index in [0.717, 1.165) is 50.2 Å². The van der Waals surface area contributed by atoms with E-state index >= 15 is 0 Å². The highest BCUT2D eigenvalue weighted by Gasteiger charge is 2.41. The molecule has 0 N–H and O–H groups in total. The molecule has 0 atom stereocenters. The highest BCUT2D eigenvalue weighted by Crippen LogP contribution is 2.34. The Labute approximate surface area is 124 Å². The van der Waals surface area contributed by atoms with Gasteiger partial charge in [-0.15, -0.1) is 0 Å². The van der Waals surface area contributed by atoms with Crippen molar-refractivity contribution in [2.75, 3.05) is 31.2 Å². The minimum atomic E-state index is -0.480. The Morgan fingerprint density at radius 1 is 1.24 bits per heavy atom. The summed E-state index contributed by atoms with van der Waals surface area (Å²) < 4.78 is 11.6. The van der Waals surface area contributed by atoms with Crippen LogP contribution in [-0.4, -0.2) is 37.1 Å². The zero-order valence-electron chi connectivity index (χ0n) is 12.1. The molecule has 3 aliphatic rings. The number of anilines is 1. The van der Waals surface area contributed by atoms with Crippen molar-refractivity contribution in [1.29, 1.82) is 5.26 Å². The largest absolute Gasteiger partial charge is 0.350 e. The van der Waals surface area contributed by atoms with Crippen LogP contribution in [0.2, 0.25) is 0 Å². The molecule has 2 aliphatic heterocycles. The molecule has 0 radical (unpaired) electrons. The van der Waals surface area contributed by atoms with Crippen molar-refractivity contribution in [3.63, 3.8) is 0 Å². The van der Waals surface area contributed by atoms with Gasteiger partial charge in [-0.25, -0.2) is 4.98 Å². The molecule has 5 nitrogen and oxygen atoms in total. The van der Waals surface area contributed by atoms with Crippen LogP contribution < -0.4 is 4.90 Å². The number of hydrogen-bond donors (Lipinski definition) is 0. The zero-order chi connectivity index (χ0) is 14.3. The van der Waals surface area contributed by atoms with Crippen molar-refractivity contribution in [2.24, 2.45) is 0 Å². The van der Waals surface area contributed by atoms with Crippen molar-refractivity contribution in [3.05, 3.63) is 22.9 Å². The summed E-state index contributed by atoms with van der Waals surface area (Å²) in [6, 6.07) is 4.35. The van der Waals surface area contributed by atoms with Crippen molar-refractivity contribution in [2.45, 2.75) is 37.9 Å². The highest BCUT2D eigenvalue weighted by molar-refractivity contribution is 5.57. The second-order valence-electron chi connectivity index (χ2n) is 6.06. The van der Waals surface area contributed by atoms with E-state index < -0.39 is 5.79 Å². The van der Waals surface area contributed by atoms with Crippen molar-refractivity contribution in [3.8, 4) is 6.07 Å². The third-order valence-electron chi connectivity index (χ3n) is 4.68. The van der Waals surface area contributed by atoms with Crippen LogP contribution >= 0.6 is 0 Å². The van der Waals surface area contributed by atoms with E-state index in [1.165, 1.54) is 5.56 Å². The highest BCUT2D eigenvalue weighted by atomic mass is 16.7. The third kappa shape index (κ3) is 2.19. The number of piperidine rings is 1. The van der Waals surface area contributed by atoms with Crippen LogP contribution in [0.5, 0.6) is 0 Å². The second-order valence-corrected chi connectivity index (χ2v) is 6.06. The van der Waals surface area contributed by atoms with Gasteiger partial charge in [-0.3, -0.25) is 0 Å². The molecule has 5 heteroatoms. The topological polar surface area (TPSA) is 58.4 Å². The van der Waals surface area contributed by atoms with Gasteiger partial charge in [0.25, 0.3) is 0 Å². The number of rotatable bonds is 1. The van der Waals surface area contributed by atoms with Crippen LogP contribution in [-0.2, 0) is 22.3 Å². The zero-order valence-corrected chi connectivity index (χ0v) is 12.1. The van der Waals surface area contributed by atoms with Crippen LogP contribution in [0.4, 0.5) is 5.82 Å². The minimum Gasteiger partial charge on any atom is -0.350 e. The molecule has 1 aliphatic carbocycles. The molecule has 0 aromatic carbocycles. The fraction of sp³-hybridized carbons (Fsp3) is 0.625. The molecule has 4 rings (SSSR count). The number of aryl methyl sites for hydroxylation is 2. The average molecular weight is 285 g/mol. The van der Waals surface area contributed by atoms with Crippen molar-refractivity contribution >= 4 is 5.82 Å². The molecule has 21 heavy (non-hydrogen) atoms. The molecule has 1 aromatic heterocycles. The lowest BCUT2D eigenvalue weighted by Crippen LogP contribution is -2.49. The van der Waals surface area contributed by atoms with E-state index in [1.54, 1.807) is 0 Å². The summed E-state index contributed by atoms with van der Waals surface area (Å²) in [4.78, 5) is 6.97. The van der Waals surface area contributed by atoms with E-state index in [4.69, 9.17) is 14.5 Å². The summed E-state index contributed by atoms with van der Waals surface area (Å²) in [6.45, 7) is 2.91. The standard InChI is InChI=1S/C16H19N3O2/c17-10-13-9-12-3-1-4-14(12)18-15(13)19-6-2-5-16(11-19)20-7-8-21-16/h9H,1-8,11H2. The monoisotopic (exact) mass is 285 g/mol. The van der Waals surface area contributed by atoms with E-state index in [-0.39, 0.29) is 0 Å². The van der Waals surface area contributed by atoms with Gasteiger partial charge < -0.3 is 14.4 Å². The number of nitriles is 1. The number of nitrogens with zero attached hydrogens (tertiary/aromatic N) is 3. The molecule has 0 saturated carbocycles. The summed E-state index contributed by atoms with van der Waals surface area (Å²) in [5.41, 5.74) is 3.10. The summed E-state index contributed by atoms with van der Waals surface area (Å²) in [5, 5.41) is 9.46. The van der Waals surface area contributed by atoms with E-state index in [2.05, 4.69) is 11.0 Å². The Morgan fingerprint density at radius 3 is 2.90 bits per heavy atom. The molecule has 0 bridgehead atoms. The lowest BCUT2D eigenvalue weighted by Gasteiger charge is -2.39. The first-order valence-corrected chi connectivity index (χ1v) is 7.75. The van der Waals surface area contributed by atoms with Gasteiger partial charge in [0.15, 0.2) is 5.79 Å². The fourth-order valence-electron chi connectivity index (χ4n) is 3.69. The van der Waals surface area contributed by atoms with E-state index in [0.29, 0.717) is 25.3 Å². The number of ether oxygens (including phenoxy) is 2. The molecule has 1 aromatic rings. The van der Waals surface area contributed by atoms with Crippen molar-refractivity contribution < 1.29 is 9.47 Å². The summed E-state index contributed by atoms with van der Waals surface area (Å²) in [7, 11) is 0. The molecule has 2 saturated heterocycles. The second kappa shape index (κ2) is 4.97. The maximum atomic E-state index is 9.46. The predicted octanol–water partition coefficient (Wildman–Crippen LogP) is 1.79. The molecular formula is C16H19N3O2. The molecular weight excluding hydrogens is 266 g/mol. The van der Waals surface area contributed by atoms with Gasteiger partial charge in [-0.1, -0.05) is 0 Å². The van der Waals surface area contributed by atoms with E-state index in [1.807, 2.05) is 6.07 Å². The molecule has 1 spiro atoms. The normalized spacial score (nSPS) is 23.3. The van der Waals surface area contributed by atoms with Gasteiger partial charge in [0.1, 0.15) is 11.9 Å². The SMILES string of the molecule is N#Cc1cc2c(nc1N1CCCC3(C1)OCCO3)CCC2. The Morgan fingerprint density at radius 2 is 2.10 bits per heavy atom. The number of hydrogen-bond acceptors (Lipinski definition) is 5. The quantitative estimate of drug-likeness (QED) is 0.787. The van der Waals surface area contributed by atoms with Gasteiger partial charge in [0.2, 0.25) is 0 Å². The maximum Gasteiger partial charge on any atom is 0.186 e. The average Bonchev–Trinajstić information content (AvgIpc) is 3.15. The number of aromatic nitrogens is 1. The van der Waals surface area contributed by atoms with Crippen LogP contribution in [0.15, 0.2) is 6.07 Å². The Hall–Kier alpha value is -1.64. The maximum absolute atomic E-state index is 9.46. The smallest absolute Gasteiger partial charge is 0.186 e. The Kier molecular flexibility index (Phi) is 3.09.